The summed E-state index contributed by atoms with van der Waals surface area (Å²) in [4.78, 5) is 9.15. The van der Waals surface area contributed by atoms with Crippen molar-refractivity contribution in [2.45, 2.75) is 0 Å². The molecule has 12 heavy (non-hydrogen) atoms. The van der Waals surface area contributed by atoms with E-state index in [0.29, 0.717) is 6.20 Å². The largest absolute Gasteiger partial charge is 0.392 e. The standard InChI is InChI=1S/C7H8FNO3/c8-4-1-2-7(6-10)3-5-9(11)12/h1-5,10H,6H2/b4-1+,5-3+,7-2+. The molecule has 0 saturated carbocycles. The summed E-state index contributed by atoms with van der Waals surface area (Å²) in [5.41, 5.74) is 0.264. The van der Waals surface area contributed by atoms with Crippen LogP contribution in [0.1, 0.15) is 0 Å². The summed E-state index contributed by atoms with van der Waals surface area (Å²) in [6, 6.07) is 0. The summed E-state index contributed by atoms with van der Waals surface area (Å²) in [5, 5.41) is 18.4. The van der Waals surface area contributed by atoms with E-state index in [9.17, 15) is 14.5 Å². The molecule has 0 atom stereocenters. The molecule has 0 saturated heterocycles. The van der Waals surface area contributed by atoms with Crippen LogP contribution in [-0.2, 0) is 0 Å². The van der Waals surface area contributed by atoms with Crippen molar-refractivity contribution in [3.05, 3.63) is 46.4 Å². The molecule has 0 aromatic carbocycles. The van der Waals surface area contributed by atoms with Crippen molar-refractivity contribution in [2.24, 2.45) is 0 Å². The lowest BCUT2D eigenvalue weighted by molar-refractivity contribution is -0.402. The normalized spacial score (nSPS) is 13.0. The second kappa shape index (κ2) is 6.23. The van der Waals surface area contributed by atoms with Crippen molar-refractivity contribution in [1.29, 1.82) is 0 Å². The molecule has 0 rings (SSSR count). The van der Waals surface area contributed by atoms with Gasteiger partial charge in [0.1, 0.15) is 0 Å². The Morgan fingerprint density at radius 2 is 2.33 bits per heavy atom. The highest BCUT2D eigenvalue weighted by molar-refractivity contribution is 5.22. The minimum Gasteiger partial charge on any atom is -0.392 e. The van der Waals surface area contributed by atoms with Crippen molar-refractivity contribution in [3.8, 4) is 0 Å². The van der Waals surface area contributed by atoms with Gasteiger partial charge in [0.25, 0.3) is 0 Å². The fourth-order valence-electron chi connectivity index (χ4n) is 0.478. The minimum atomic E-state index is -0.664. The first-order chi connectivity index (χ1) is 5.70. The van der Waals surface area contributed by atoms with E-state index < -0.39 is 4.92 Å². The number of aliphatic hydroxyl groups excluding tert-OH is 1. The third-order valence-corrected chi connectivity index (χ3v) is 0.976. The van der Waals surface area contributed by atoms with Gasteiger partial charge in [0, 0.05) is 6.08 Å². The SMILES string of the molecule is O=[N+]([O-])/C=C/C(=C\C=C\F)CO. The van der Waals surface area contributed by atoms with E-state index in [0.717, 1.165) is 12.2 Å². The number of nitrogens with zero attached hydrogens (tertiary/aromatic N) is 1. The van der Waals surface area contributed by atoms with Crippen LogP contribution in [0.25, 0.3) is 0 Å². The van der Waals surface area contributed by atoms with Gasteiger partial charge in [-0.1, -0.05) is 6.08 Å². The Morgan fingerprint density at radius 3 is 2.75 bits per heavy atom. The maximum absolute atomic E-state index is 11.4. The highest BCUT2D eigenvalue weighted by Gasteiger charge is 1.90. The number of hydrogen-bond acceptors (Lipinski definition) is 3. The topological polar surface area (TPSA) is 63.4 Å². The van der Waals surface area contributed by atoms with E-state index in [-0.39, 0.29) is 18.5 Å². The van der Waals surface area contributed by atoms with Gasteiger partial charge in [0.2, 0.25) is 6.20 Å². The molecule has 0 aromatic heterocycles. The van der Waals surface area contributed by atoms with Crippen molar-refractivity contribution in [1.82, 2.24) is 0 Å². The Bertz CT molecular complexity index is 233. The quantitative estimate of drug-likeness (QED) is 0.394. The Morgan fingerprint density at radius 1 is 1.67 bits per heavy atom. The molecule has 0 aliphatic heterocycles. The van der Waals surface area contributed by atoms with Crippen LogP contribution in [0.5, 0.6) is 0 Å². The minimum absolute atomic E-state index is 0.264. The summed E-state index contributed by atoms with van der Waals surface area (Å²) in [6.07, 6.45) is 4.32. The van der Waals surface area contributed by atoms with E-state index in [1.54, 1.807) is 0 Å². The van der Waals surface area contributed by atoms with Crippen molar-refractivity contribution in [2.75, 3.05) is 6.61 Å². The van der Waals surface area contributed by atoms with Gasteiger partial charge in [-0.15, -0.1) is 0 Å². The van der Waals surface area contributed by atoms with Crippen LogP contribution >= 0.6 is 0 Å². The number of halogens is 1. The molecular formula is C7H8FNO3. The molecule has 0 aliphatic rings. The highest BCUT2D eigenvalue weighted by atomic mass is 19.1. The predicted octanol–water partition coefficient (Wildman–Crippen LogP) is 1.18. The van der Waals surface area contributed by atoms with E-state index in [1.807, 2.05) is 0 Å². The van der Waals surface area contributed by atoms with Crippen LogP contribution in [0.2, 0.25) is 0 Å². The molecule has 0 bridgehead atoms. The predicted molar refractivity (Wildman–Crippen MR) is 41.6 cm³/mol. The summed E-state index contributed by atoms with van der Waals surface area (Å²) < 4.78 is 11.4. The van der Waals surface area contributed by atoms with Crippen LogP contribution < -0.4 is 0 Å². The van der Waals surface area contributed by atoms with Crippen LogP contribution in [-0.4, -0.2) is 16.6 Å². The van der Waals surface area contributed by atoms with Crippen molar-refractivity contribution in [3.63, 3.8) is 0 Å². The Balaban J connectivity index is 4.26. The molecule has 1 N–H and O–H groups in total. The number of hydrogen-bond donors (Lipinski definition) is 1. The average molecular weight is 173 g/mol. The molecule has 0 radical (unpaired) electrons. The number of nitro groups is 1. The molecule has 0 unspecified atom stereocenters. The lowest BCUT2D eigenvalue weighted by Crippen LogP contribution is -1.88. The van der Waals surface area contributed by atoms with Crippen LogP contribution in [0.4, 0.5) is 4.39 Å². The molecule has 0 fully saturated rings. The van der Waals surface area contributed by atoms with E-state index >= 15 is 0 Å². The van der Waals surface area contributed by atoms with Gasteiger partial charge >= 0.3 is 0 Å². The number of aliphatic hydroxyl groups is 1. The second-order valence-electron chi connectivity index (χ2n) is 1.82. The molecule has 0 aliphatic carbocycles. The zero-order chi connectivity index (χ0) is 9.40. The third-order valence-electron chi connectivity index (χ3n) is 0.976. The van der Waals surface area contributed by atoms with Gasteiger partial charge in [0.05, 0.1) is 17.9 Å². The van der Waals surface area contributed by atoms with E-state index in [2.05, 4.69) is 0 Å². The monoisotopic (exact) mass is 173 g/mol. The Kier molecular flexibility index (Phi) is 5.46. The Hall–Kier alpha value is -1.49. The smallest absolute Gasteiger partial charge is 0.234 e. The number of allylic oxidation sites excluding steroid dienone is 2. The highest BCUT2D eigenvalue weighted by Crippen LogP contribution is 1.96. The first-order valence-corrected chi connectivity index (χ1v) is 3.09. The summed E-state index contributed by atoms with van der Waals surface area (Å²) in [7, 11) is 0. The lowest BCUT2D eigenvalue weighted by atomic mass is 10.2. The first-order valence-electron chi connectivity index (χ1n) is 3.09. The molecule has 0 spiro atoms. The maximum atomic E-state index is 11.4. The molecule has 0 aromatic rings. The van der Waals surface area contributed by atoms with Crippen LogP contribution in [0.3, 0.4) is 0 Å². The fourth-order valence-corrected chi connectivity index (χ4v) is 0.478. The van der Waals surface area contributed by atoms with Gasteiger partial charge in [-0.25, -0.2) is 4.39 Å². The van der Waals surface area contributed by atoms with Gasteiger partial charge in [-0.3, -0.25) is 10.1 Å². The zero-order valence-corrected chi connectivity index (χ0v) is 6.18. The Labute approximate surface area is 68.5 Å². The number of rotatable bonds is 4. The molecule has 5 heteroatoms. The molecule has 0 amide bonds. The lowest BCUT2D eigenvalue weighted by Gasteiger charge is -1.89. The van der Waals surface area contributed by atoms with E-state index in [4.69, 9.17) is 5.11 Å². The van der Waals surface area contributed by atoms with Crippen molar-refractivity contribution >= 4 is 0 Å². The van der Waals surface area contributed by atoms with E-state index in [1.165, 1.54) is 6.08 Å². The second-order valence-corrected chi connectivity index (χ2v) is 1.82. The molecule has 4 nitrogen and oxygen atoms in total. The summed E-state index contributed by atoms with van der Waals surface area (Å²) in [5.74, 6) is 0. The molecular weight excluding hydrogens is 165 g/mol. The van der Waals surface area contributed by atoms with Gasteiger partial charge in [-0.05, 0) is 11.6 Å². The molecule has 66 valence electrons. The summed E-state index contributed by atoms with van der Waals surface area (Å²) in [6.45, 7) is -0.366. The average Bonchev–Trinajstić information content (AvgIpc) is 2.05. The first kappa shape index (κ1) is 10.5. The summed E-state index contributed by atoms with van der Waals surface area (Å²) >= 11 is 0. The maximum Gasteiger partial charge on any atom is 0.234 e. The van der Waals surface area contributed by atoms with Crippen LogP contribution in [0.15, 0.2) is 36.3 Å². The van der Waals surface area contributed by atoms with Crippen molar-refractivity contribution < 1.29 is 14.4 Å². The fraction of sp³-hybridized carbons (Fsp3) is 0.143. The van der Waals surface area contributed by atoms with Gasteiger partial charge < -0.3 is 5.11 Å². The molecule has 0 heterocycles. The zero-order valence-electron chi connectivity index (χ0n) is 6.18. The van der Waals surface area contributed by atoms with Gasteiger partial charge in [0.15, 0.2) is 0 Å². The van der Waals surface area contributed by atoms with Gasteiger partial charge in [-0.2, -0.15) is 0 Å². The van der Waals surface area contributed by atoms with Crippen LogP contribution in [0, 0.1) is 10.1 Å². The third kappa shape index (κ3) is 5.31.